The molecule has 1 aromatic carbocycles. The lowest BCUT2D eigenvalue weighted by molar-refractivity contribution is 0.0579. The minimum absolute atomic E-state index is 0. The van der Waals surface area contributed by atoms with Gasteiger partial charge < -0.3 is 0 Å². The number of likely N-dealkylation sites (tertiary alicyclic amines) is 1. The molecule has 0 aliphatic carbocycles. The highest BCUT2D eigenvalue weighted by Crippen LogP contribution is 2.24. The van der Waals surface area contributed by atoms with Crippen LogP contribution in [0.15, 0.2) is 30.3 Å². The largest absolute Gasteiger partial charge is 0.292 e. The molecular weight excluding hydrogens is 246 g/mol. The second-order valence-electron chi connectivity index (χ2n) is 5.30. The van der Waals surface area contributed by atoms with Gasteiger partial charge in [0.15, 0.2) is 5.78 Å². The van der Waals surface area contributed by atoms with E-state index in [0.29, 0.717) is 0 Å². The average Bonchev–Trinajstić information content (AvgIpc) is 2.40. The van der Waals surface area contributed by atoms with Crippen LogP contribution in [-0.2, 0) is 0 Å². The first-order valence-electron chi connectivity index (χ1n) is 6.47. The van der Waals surface area contributed by atoms with E-state index in [9.17, 15) is 4.79 Å². The lowest BCUT2D eigenvalue weighted by Crippen LogP contribution is -2.52. The molecule has 0 saturated carbocycles. The van der Waals surface area contributed by atoms with Crippen LogP contribution in [0.2, 0.25) is 0 Å². The number of carbonyl (C=O) groups is 1. The summed E-state index contributed by atoms with van der Waals surface area (Å²) in [5.41, 5.74) is 0.449. The Morgan fingerprint density at radius 3 is 2.17 bits per heavy atom. The molecule has 0 aromatic heterocycles. The van der Waals surface area contributed by atoms with Gasteiger partial charge in [-0.05, 0) is 39.8 Å². The predicted molar refractivity (Wildman–Crippen MR) is 77.5 cm³/mol. The van der Waals surface area contributed by atoms with Crippen LogP contribution in [0.4, 0.5) is 0 Å². The van der Waals surface area contributed by atoms with Crippen LogP contribution < -0.4 is 0 Å². The quantitative estimate of drug-likeness (QED) is 0.781. The van der Waals surface area contributed by atoms with Gasteiger partial charge in [-0.15, -0.1) is 12.4 Å². The zero-order valence-corrected chi connectivity index (χ0v) is 12.0. The van der Waals surface area contributed by atoms with Crippen LogP contribution in [0.3, 0.4) is 0 Å². The molecule has 0 radical (unpaired) electrons. The van der Waals surface area contributed by atoms with E-state index in [0.717, 1.165) is 18.7 Å². The van der Waals surface area contributed by atoms with Gasteiger partial charge in [-0.3, -0.25) is 9.69 Å². The second-order valence-corrected chi connectivity index (χ2v) is 5.30. The third kappa shape index (κ3) is 3.12. The van der Waals surface area contributed by atoms with Gasteiger partial charge in [-0.1, -0.05) is 36.8 Å². The monoisotopic (exact) mass is 267 g/mol. The van der Waals surface area contributed by atoms with E-state index in [2.05, 4.69) is 4.90 Å². The maximum Gasteiger partial charge on any atom is 0.182 e. The molecule has 1 aliphatic rings. The van der Waals surface area contributed by atoms with Crippen molar-refractivity contribution in [2.45, 2.75) is 38.6 Å². The number of ketones is 1. The summed E-state index contributed by atoms with van der Waals surface area (Å²) in [6.07, 6.45) is 3.73. The Balaban J connectivity index is 0.00000162. The predicted octanol–water partition coefficient (Wildman–Crippen LogP) is 3.56. The van der Waals surface area contributed by atoms with Crippen molar-refractivity contribution < 1.29 is 4.79 Å². The number of benzene rings is 1. The van der Waals surface area contributed by atoms with Crippen molar-refractivity contribution in [3.05, 3.63) is 35.9 Å². The Bertz CT molecular complexity index is 383. The van der Waals surface area contributed by atoms with Crippen molar-refractivity contribution >= 4 is 18.2 Å². The highest BCUT2D eigenvalue weighted by molar-refractivity contribution is 6.02. The normalized spacial score (nSPS) is 17.0. The summed E-state index contributed by atoms with van der Waals surface area (Å²) in [4.78, 5) is 14.8. The molecule has 0 amide bonds. The van der Waals surface area contributed by atoms with E-state index in [4.69, 9.17) is 0 Å². The fourth-order valence-electron chi connectivity index (χ4n) is 2.54. The fraction of sp³-hybridized carbons (Fsp3) is 0.533. The maximum absolute atomic E-state index is 12.5. The van der Waals surface area contributed by atoms with Crippen LogP contribution in [0, 0.1) is 0 Å². The molecule has 2 rings (SSSR count). The zero-order valence-electron chi connectivity index (χ0n) is 11.2. The van der Waals surface area contributed by atoms with Crippen molar-refractivity contribution in [1.82, 2.24) is 4.90 Å². The highest BCUT2D eigenvalue weighted by atomic mass is 35.5. The molecule has 18 heavy (non-hydrogen) atoms. The Kier molecular flexibility index (Phi) is 5.36. The van der Waals surface area contributed by atoms with Gasteiger partial charge in [0.25, 0.3) is 0 Å². The third-order valence-corrected chi connectivity index (χ3v) is 3.74. The van der Waals surface area contributed by atoms with Crippen molar-refractivity contribution in [1.29, 1.82) is 0 Å². The van der Waals surface area contributed by atoms with Crippen molar-refractivity contribution in [2.24, 2.45) is 0 Å². The van der Waals surface area contributed by atoms with Gasteiger partial charge in [0, 0.05) is 5.56 Å². The van der Waals surface area contributed by atoms with Crippen molar-refractivity contribution in [3.8, 4) is 0 Å². The first-order chi connectivity index (χ1) is 8.12. The molecule has 1 fully saturated rings. The Labute approximate surface area is 116 Å². The molecule has 100 valence electrons. The summed E-state index contributed by atoms with van der Waals surface area (Å²) < 4.78 is 0. The summed E-state index contributed by atoms with van der Waals surface area (Å²) in [6, 6.07) is 9.63. The van der Waals surface area contributed by atoms with Gasteiger partial charge >= 0.3 is 0 Å². The van der Waals surface area contributed by atoms with Crippen LogP contribution >= 0.6 is 12.4 Å². The molecular formula is C15H22ClNO. The molecule has 2 nitrogen and oxygen atoms in total. The minimum atomic E-state index is -0.373. The standard InChI is InChI=1S/C15H21NO.ClH/c1-15(2,16-11-7-4-8-12-16)14(17)13-9-5-3-6-10-13;/h3,5-6,9-10H,4,7-8,11-12H2,1-2H3;1H. The summed E-state index contributed by atoms with van der Waals surface area (Å²) >= 11 is 0. The lowest BCUT2D eigenvalue weighted by atomic mass is 9.89. The molecule has 0 N–H and O–H groups in total. The van der Waals surface area contributed by atoms with Crippen LogP contribution in [0.5, 0.6) is 0 Å². The van der Waals surface area contributed by atoms with Crippen LogP contribution in [0.1, 0.15) is 43.5 Å². The SMILES string of the molecule is CC(C)(C(=O)c1ccccc1)N1CCCCC1.Cl. The lowest BCUT2D eigenvalue weighted by Gasteiger charge is -2.39. The van der Waals surface area contributed by atoms with E-state index in [1.54, 1.807) is 0 Å². The number of hydrogen-bond donors (Lipinski definition) is 0. The van der Waals surface area contributed by atoms with Crippen molar-refractivity contribution in [2.75, 3.05) is 13.1 Å². The number of Topliss-reactive ketones (excluding diaryl/α,β-unsaturated/α-hetero) is 1. The molecule has 0 unspecified atom stereocenters. The molecule has 1 aliphatic heterocycles. The Hall–Kier alpha value is -0.860. The van der Waals surface area contributed by atoms with E-state index >= 15 is 0 Å². The topological polar surface area (TPSA) is 20.3 Å². The number of rotatable bonds is 3. The molecule has 0 spiro atoms. The van der Waals surface area contributed by atoms with Gasteiger partial charge in [0.1, 0.15) is 0 Å². The smallest absolute Gasteiger partial charge is 0.182 e. The number of halogens is 1. The number of piperidine rings is 1. The number of nitrogens with zero attached hydrogens (tertiary/aromatic N) is 1. The summed E-state index contributed by atoms with van der Waals surface area (Å²) in [5.74, 6) is 0.236. The van der Waals surface area contributed by atoms with Crippen LogP contribution in [0.25, 0.3) is 0 Å². The summed E-state index contributed by atoms with van der Waals surface area (Å²) in [5, 5.41) is 0. The van der Waals surface area contributed by atoms with E-state index < -0.39 is 0 Å². The molecule has 1 heterocycles. The first kappa shape index (κ1) is 15.2. The van der Waals surface area contributed by atoms with E-state index in [1.165, 1.54) is 19.3 Å². The highest BCUT2D eigenvalue weighted by Gasteiger charge is 2.35. The third-order valence-electron chi connectivity index (χ3n) is 3.74. The van der Waals surface area contributed by atoms with E-state index in [1.807, 2.05) is 44.2 Å². The molecule has 1 aromatic rings. The van der Waals surface area contributed by atoms with E-state index in [-0.39, 0.29) is 23.7 Å². The van der Waals surface area contributed by atoms with Gasteiger partial charge in [0.2, 0.25) is 0 Å². The fourth-order valence-corrected chi connectivity index (χ4v) is 2.54. The molecule has 3 heteroatoms. The maximum atomic E-state index is 12.5. The van der Waals surface area contributed by atoms with Gasteiger partial charge in [-0.25, -0.2) is 0 Å². The van der Waals surface area contributed by atoms with Gasteiger partial charge in [0.05, 0.1) is 5.54 Å². The average molecular weight is 268 g/mol. The Morgan fingerprint density at radius 1 is 1.06 bits per heavy atom. The van der Waals surface area contributed by atoms with Gasteiger partial charge in [-0.2, -0.15) is 0 Å². The second kappa shape index (κ2) is 6.35. The van der Waals surface area contributed by atoms with Crippen molar-refractivity contribution in [3.63, 3.8) is 0 Å². The number of hydrogen-bond acceptors (Lipinski definition) is 2. The van der Waals surface area contributed by atoms with Crippen LogP contribution in [-0.4, -0.2) is 29.3 Å². The Morgan fingerprint density at radius 2 is 1.61 bits per heavy atom. The minimum Gasteiger partial charge on any atom is -0.292 e. The molecule has 0 bridgehead atoms. The molecule has 0 atom stereocenters. The summed E-state index contributed by atoms with van der Waals surface area (Å²) in [6.45, 7) is 6.19. The number of carbonyl (C=O) groups excluding carboxylic acids is 1. The zero-order chi connectivity index (χ0) is 12.3. The molecule has 1 saturated heterocycles. The summed E-state index contributed by atoms with van der Waals surface area (Å²) in [7, 11) is 0. The first-order valence-corrected chi connectivity index (χ1v) is 6.47.